The van der Waals surface area contributed by atoms with E-state index in [-0.39, 0.29) is 11.9 Å². The molecule has 0 radical (unpaired) electrons. The van der Waals surface area contributed by atoms with Gasteiger partial charge < -0.3 is 10.6 Å². The van der Waals surface area contributed by atoms with Gasteiger partial charge in [0.15, 0.2) is 5.69 Å². The van der Waals surface area contributed by atoms with Crippen LogP contribution in [0, 0.1) is 12.8 Å². The molecule has 1 aromatic carbocycles. The van der Waals surface area contributed by atoms with E-state index in [4.69, 9.17) is 5.73 Å². The molecule has 0 saturated carbocycles. The minimum absolute atomic E-state index is 0.0673. The summed E-state index contributed by atoms with van der Waals surface area (Å²) in [7, 11) is 0. The van der Waals surface area contributed by atoms with Crippen LogP contribution in [-0.2, 0) is 0 Å². The van der Waals surface area contributed by atoms with Gasteiger partial charge in [-0.2, -0.15) is 0 Å². The van der Waals surface area contributed by atoms with Crippen LogP contribution in [0.3, 0.4) is 0 Å². The van der Waals surface area contributed by atoms with Crippen LogP contribution < -0.4 is 5.73 Å². The topological polar surface area (TPSA) is 77.0 Å². The molecule has 2 heterocycles. The van der Waals surface area contributed by atoms with E-state index in [1.54, 1.807) is 10.9 Å². The molecule has 6 nitrogen and oxygen atoms in total. The fourth-order valence-electron chi connectivity index (χ4n) is 3.00. The SMILES string of the molecule is Cc1cccc(-n2cc(C(=O)N3CC(CN)CC3C)nn2)c1. The summed E-state index contributed by atoms with van der Waals surface area (Å²) in [5, 5.41) is 8.12. The molecule has 116 valence electrons. The minimum Gasteiger partial charge on any atom is -0.334 e. The molecule has 2 aromatic rings. The van der Waals surface area contributed by atoms with Crippen molar-refractivity contribution in [2.24, 2.45) is 11.7 Å². The van der Waals surface area contributed by atoms with Gasteiger partial charge in [-0.1, -0.05) is 17.3 Å². The second-order valence-corrected chi connectivity index (χ2v) is 6.03. The van der Waals surface area contributed by atoms with Crippen LogP contribution in [0.1, 0.15) is 29.4 Å². The number of nitrogens with zero attached hydrogens (tertiary/aromatic N) is 4. The predicted octanol–water partition coefficient (Wildman–Crippen LogP) is 1.39. The third kappa shape index (κ3) is 2.74. The lowest BCUT2D eigenvalue weighted by atomic mass is 10.1. The molecular formula is C16H21N5O. The number of nitrogens with two attached hydrogens (primary N) is 1. The molecule has 2 atom stereocenters. The molecule has 1 aliphatic heterocycles. The van der Waals surface area contributed by atoms with Crippen molar-refractivity contribution in [1.82, 2.24) is 19.9 Å². The van der Waals surface area contributed by atoms with Gasteiger partial charge in [-0.3, -0.25) is 4.79 Å². The number of hydrogen-bond donors (Lipinski definition) is 1. The number of aryl methyl sites for hydroxylation is 1. The van der Waals surface area contributed by atoms with Crippen LogP contribution >= 0.6 is 0 Å². The highest BCUT2D eigenvalue weighted by molar-refractivity contribution is 5.92. The Kier molecular flexibility index (Phi) is 3.94. The average Bonchev–Trinajstić information content (AvgIpc) is 3.13. The Bertz CT molecular complexity index is 681. The Labute approximate surface area is 129 Å². The molecule has 0 spiro atoms. The smallest absolute Gasteiger partial charge is 0.276 e. The predicted molar refractivity (Wildman–Crippen MR) is 83.8 cm³/mol. The van der Waals surface area contributed by atoms with Crippen molar-refractivity contribution >= 4 is 5.91 Å². The molecular weight excluding hydrogens is 278 g/mol. The van der Waals surface area contributed by atoms with E-state index in [1.165, 1.54) is 0 Å². The molecule has 3 rings (SSSR count). The van der Waals surface area contributed by atoms with Crippen LogP contribution in [0.4, 0.5) is 0 Å². The summed E-state index contributed by atoms with van der Waals surface area (Å²) < 4.78 is 1.64. The van der Waals surface area contributed by atoms with Gasteiger partial charge >= 0.3 is 0 Å². The Morgan fingerprint density at radius 1 is 1.45 bits per heavy atom. The van der Waals surface area contributed by atoms with Gasteiger partial charge in [-0.15, -0.1) is 5.10 Å². The normalized spacial score (nSPS) is 21.3. The van der Waals surface area contributed by atoms with E-state index in [0.717, 1.165) is 17.7 Å². The number of carbonyl (C=O) groups excluding carboxylic acids is 1. The van der Waals surface area contributed by atoms with Gasteiger partial charge in [0.25, 0.3) is 5.91 Å². The van der Waals surface area contributed by atoms with E-state index in [9.17, 15) is 4.79 Å². The third-order valence-corrected chi connectivity index (χ3v) is 4.23. The van der Waals surface area contributed by atoms with Crippen molar-refractivity contribution in [1.29, 1.82) is 0 Å². The van der Waals surface area contributed by atoms with E-state index in [0.29, 0.717) is 24.7 Å². The summed E-state index contributed by atoms with van der Waals surface area (Å²) in [4.78, 5) is 14.4. The van der Waals surface area contributed by atoms with Crippen molar-refractivity contribution in [2.75, 3.05) is 13.1 Å². The number of benzene rings is 1. The zero-order valence-corrected chi connectivity index (χ0v) is 12.9. The first kappa shape index (κ1) is 14.7. The maximum absolute atomic E-state index is 12.6. The van der Waals surface area contributed by atoms with Crippen molar-refractivity contribution < 1.29 is 4.79 Å². The highest BCUT2D eigenvalue weighted by Gasteiger charge is 2.33. The molecule has 1 aliphatic rings. The third-order valence-electron chi connectivity index (χ3n) is 4.23. The number of amides is 1. The van der Waals surface area contributed by atoms with Gasteiger partial charge in [0.1, 0.15) is 0 Å². The van der Waals surface area contributed by atoms with Crippen molar-refractivity contribution in [3.8, 4) is 5.69 Å². The van der Waals surface area contributed by atoms with E-state index in [2.05, 4.69) is 17.2 Å². The molecule has 1 saturated heterocycles. The highest BCUT2D eigenvalue weighted by Crippen LogP contribution is 2.23. The second-order valence-electron chi connectivity index (χ2n) is 6.03. The molecule has 6 heteroatoms. The van der Waals surface area contributed by atoms with Crippen LogP contribution in [0.2, 0.25) is 0 Å². The second kappa shape index (κ2) is 5.88. The maximum atomic E-state index is 12.6. The average molecular weight is 299 g/mol. The Balaban J connectivity index is 1.80. The fourth-order valence-corrected chi connectivity index (χ4v) is 3.00. The Morgan fingerprint density at radius 2 is 2.27 bits per heavy atom. The van der Waals surface area contributed by atoms with Crippen LogP contribution in [0.5, 0.6) is 0 Å². The zero-order chi connectivity index (χ0) is 15.7. The van der Waals surface area contributed by atoms with Crippen molar-refractivity contribution in [2.45, 2.75) is 26.3 Å². The summed E-state index contributed by atoms with van der Waals surface area (Å²) in [6, 6.07) is 8.13. The van der Waals surface area contributed by atoms with Crippen LogP contribution in [-0.4, -0.2) is 44.9 Å². The summed E-state index contributed by atoms with van der Waals surface area (Å²) in [6.45, 7) is 5.39. The first-order valence-electron chi connectivity index (χ1n) is 7.59. The number of aromatic nitrogens is 3. The van der Waals surface area contributed by atoms with E-state index >= 15 is 0 Å². The number of likely N-dealkylation sites (tertiary alicyclic amines) is 1. The molecule has 22 heavy (non-hydrogen) atoms. The summed E-state index contributed by atoms with van der Waals surface area (Å²) in [6.07, 6.45) is 2.65. The molecule has 1 amide bonds. The molecule has 2 unspecified atom stereocenters. The zero-order valence-electron chi connectivity index (χ0n) is 12.9. The largest absolute Gasteiger partial charge is 0.334 e. The molecule has 2 N–H and O–H groups in total. The van der Waals surface area contributed by atoms with Gasteiger partial charge in [-0.25, -0.2) is 4.68 Å². The minimum atomic E-state index is -0.0673. The van der Waals surface area contributed by atoms with Gasteiger partial charge in [0.2, 0.25) is 0 Å². The van der Waals surface area contributed by atoms with E-state index in [1.807, 2.05) is 36.1 Å². The molecule has 0 bridgehead atoms. The Morgan fingerprint density at radius 3 is 2.95 bits per heavy atom. The number of rotatable bonds is 3. The first-order valence-corrected chi connectivity index (χ1v) is 7.59. The van der Waals surface area contributed by atoms with Crippen molar-refractivity contribution in [3.05, 3.63) is 41.7 Å². The quantitative estimate of drug-likeness (QED) is 0.929. The van der Waals surface area contributed by atoms with Gasteiger partial charge in [-0.05, 0) is 50.4 Å². The molecule has 1 aromatic heterocycles. The van der Waals surface area contributed by atoms with Gasteiger partial charge in [0, 0.05) is 12.6 Å². The number of carbonyl (C=O) groups is 1. The van der Waals surface area contributed by atoms with Crippen molar-refractivity contribution in [3.63, 3.8) is 0 Å². The Hall–Kier alpha value is -2.21. The van der Waals surface area contributed by atoms with E-state index < -0.39 is 0 Å². The molecule has 0 aliphatic carbocycles. The number of hydrogen-bond acceptors (Lipinski definition) is 4. The van der Waals surface area contributed by atoms with Crippen LogP contribution in [0.15, 0.2) is 30.5 Å². The lowest BCUT2D eigenvalue weighted by molar-refractivity contribution is 0.0737. The monoisotopic (exact) mass is 299 g/mol. The summed E-state index contributed by atoms with van der Waals surface area (Å²) in [5.41, 5.74) is 8.14. The van der Waals surface area contributed by atoms with Gasteiger partial charge in [0.05, 0.1) is 11.9 Å². The lowest BCUT2D eigenvalue weighted by Gasteiger charge is -2.19. The van der Waals surface area contributed by atoms with Crippen LogP contribution in [0.25, 0.3) is 5.69 Å². The summed E-state index contributed by atoms with van der Waals surface area (Å²) in [5.74, 6) is 0.313. The summed E-state index contributed by atoms with van der Waals surface area (Å²) >= 11 is 0. The first-order chi connectivity index (χ1) is 10.6. The maximum Gasteiger partial charge on any atom is 0.276 e. The molecule has 1 fully saturated rings. The standard InChI is InChI=1S/C16H21N5O/c1-11-4-3-5-14(6-11)21-10-15(18-19-21)16(22)20-9-13(8-17)7-12(20)2/h3-6,10,12-13H,7-9,17H2,1-2H3. The fraction of sp³-hybridized carbons (Fsp3) is 0.438. The lowest BCUT2D eigenvalue weighted by Crippen LogP contribution is -2.34. The highest BCUT2D eigenvalue weighted by atomic mass is 16.2.